The van der Waals surface area contributed by atoms with E-state index in [0.717, 1.165) is 28.9 Å². The van der Waals surface area contributed by atoms with Crippen LogP contribution in [-0.2, 0) is 0 Å². The van der Waals surface area contributed by atoms with E-state index in [9.17, 15) is 5.11 Å². The van der Waals surface area contributed by atoms with Gasteiger partial charge in [0.2, 0.25) is 0 Å². The second-order valence-electron chi connectivity index (χ2n) is 6.37. The summed E-state index contributed by atoms with van der Waals surface area (Å²) in [5, 5.41) is 14.0. The van der Waals surface area contributed by atoms with E-state index < -0.39 is 0 Å². The molecule has 2 atom stereocenters. The Kier molecular flexibility index (Phi) is 4.45. The maximum atomic E-state index is 9.26. The number of aromatic nitrogens is 2. The van der Waals surface area contributed by atoms with Crippen LogP contribution in [0, 0.1) is 5.92 Å². The van der Waals surface area contributed by atoms with Crippen molar-refractivity contribution in [2.45, 2.75) is 31.7 Å². The van der Waals surface area contributed by atoms with Gasteiger partial charge in [0.25, 0.3) is 0 Å². The number of thiophene rings is 1. The molecule has 5 heteroatoms. The number of nitrogens with one attached hydrogen (secondary N) is 1. The summed E-state index contributed by atoms with van der Waals surface area (Å²) in [4.78, 5) is 11.2. The van der Waals surface area contributed by atoms with Crippen molar-refractivity contribution in [2.75, 3.05) is 11.9 Å². The first-order chi connectivity index (χ1) is 11.8. The van der Waals surface area contributed by atoms with Gasteiger partial charge in [0, 0.05) is 17.5 Å². The van der Waals surface area contributed by atoms with E-state index in [1.54, 1.807) is 17.7 Å². The van der Waals surface area contributed by atoms with Crippen LogP contribution in [0.1, 0.15) is 25.7 Å². The van der Waals surface area contributed by atoms with E-state index in [4.69, 9.17) is 0 Å². The van der Waals surface area contributed by atoms with Gasteiger partial charge >= 0.3 is 0 Å². The normalized spacial score (nSPS) is 20.5. The first kappa shape index (κ1) is 15.5. The van der Waals surface area contributed by atoms with Crippen molar-refractivity contribution in [3.63, 3.8) is 0 Å². The molecule has 1 saturated carbocycles. The highest BCUT2D eigenvalue weighted by molar-refractivity contribution is 7.21. The first-order valence-electron chi connectivity index (χ1n) is 8.52. The highest BCUT2D eigenvalue weighted by atomic mass is 32.1. The Bertz CT molecular complexity index is 818. The molecule has 124 valence electrons. The SMILES string of the molecule is OCCC1CCCC1Nc1ncnc2sc(-c3ccccc3)cc12. The lowest BCUT2D eigenvalue weighted by Gasteiger charge is -2.21. The van der Waals surface area contributed by atoms with Crippen LogP contribution in [0.3, 0.4) is 0 Å². The third-order valence-corrected chi connectivity index (χ3v) is 5.96. The molecule has 2 unspecified atom stereocenters. The average Bonchev–Trinajstić information content (AvgIpc) is 3.24. The summed E-state index contributed by atoms with van der Waals surface area (Å²) < 4.78 is 0. The predicted molar refractivity (Wildman–Crippen MR) is 99.3 cm³/mol. The highest BCUT2D eigenvalue weighted by Gasteiger charge is 2.27. The minimum absolute atomic E-state index is 0.263. The number of fused-ring (bicyclic) bond motifs is 1. The summed E-state index contributed by atoms with van der Waals surface area (Å²) >= 11 is 1.70. The fraction of sp³-hybridized carbons (Fsp3) is 0.368. The number of benzene rings is 1. The molecule has 24 heavy (non-hydrogen) atoms. The van der Waals surface area contributed by atoms with Crippen LogP contribution in [-0.4, -0.2) is 27.7 Å². The van der Waals surface area contributed by atoms with Gasteiger partial charge in [0.1, 0.15) is 17.0 Å². The lowest BCUT2D eigenvalue weighted by molar-refractivity contribution is 0.254. The van der Waals surface area contributed by atoms with Gasteiger partial charge < -0.3 is 10.4 Å². The Morgan fingerprint density at radius 3 is 2.88 bits per heavy atom. The zero-order valence-corrected chi connectivity index (χ0v) is 14.3. The molecule has 2 aromatic heterocycles. The maximum absolute atomic E-state index is 9.26. The third kappa shape index (κ3) is 3.01. The number of anilines is 1. The van der Waals surface area contributed by atoms with Gasteiger partial charge in [-0.3, -0.25) is 0 Å². The average molecular weight is 339 g/mol. The Morgan fingerprint density at radius 1 is 1.17 bits per heavy atom. The summed E-state index contributed by atoms with van der Waals surface area (Å²) in [6.45, 7) is 0.263. The molecule has 2 heterocycles. The van der Waals surface area contributed by atoms with Crippen LogP contribution in [0.5, 0.6) is 0 Å². The number of aliphatic hydroxyl groups excluding tert-OH is 1. The van der Waals surface area contributed by atoms with Crippen LogP contribution < -0.4 is 5.32 Å². The first-order valence-corrected chi connectivity index (χ1v) is 9.34. The molecule has 4 nitrogen and oxygen atoms in total. The lowest BCUT2D eigenvalue weighted by Crippen LogP contribution is -2.25. The quantitative estimate of drug-likeness (QED) is 0.727. The van der Waals surface area contributed by atoms with E-state index in [0.29, 0.717) is 12.0 Å². The minimum atomic E-state index is 0.263. The van der Waals surface area contributed by atoms with E-state index in [-0.39, 0.29) is 6.61 Å². The number of hydrogen-bond acceptors (Lipinski definition) is 5. The second-order valence-corrected chi connectivity index (χ2v) is 7.40. The van der Waals surface area contributed by atoms with Crippen molar-refractivity contribution in [3.8, 4) is 10.4 Å². The summed E-state index contributed by atoms with van der Waals surface area (Å²) in [6, 6.07) is 13.0. The van der Waals surface area contributed by atoms with Crippen LogP contribution in [0.2, 0.25) is 0 Å². The molecule has 0 amide bonds. The number of hydrogen-bond donors (Lipinski definition) is 2. The highest BCUT2D eigenvalue weighted by Crippen LogP contribution is 2.37. The summed E-state index contributed by atoms with van der Waals surface area (Å²) in [6.07, 6.45) is 6.06. The van der Waals surface area contributed by atoms with Crippen LogP contribution >= 0.6 is 11.3 Å². The molecular weight excluding hydrogens is 318 g/mol. The van der Waals surface area contributed by atoms with Gasteiger partial charge in [0.15, 0.2) is 0 Å². The van der Waals surface area contributed by atoms with Gasteiger partial charge in [-0.2, -0.15) is 0 Å². The van der Waals surface area contributed by atoms with Crippen molar-refractivity contribution in [1.82, 2.24) is 9.97 Å². The maximum Gasteiger partial charge on any atom is 0.138 e. The van der Waals surface area contributed by atoms with E-state index in [1.807, 2.05) is 6.07 Å². The van der Waals surface area contributed by atoms with Crippen LogP contribution in [0.25, 0.3) is 20.7 Å². The van der Waals surface area contributed by atoms with Gasteiger partial charge in [-0.15, -0.1) is 11.3 Å². The van der Waals surface area contributed by atoms with E-state index in [2.05, 4.69) is 45.6 Å². The fourth-order valence-electron chi connectivity index (χ4n) is 3.63. The van der Waals surface area contributed by atoms with E-state index >= 15 is 0 Å². The number of nitrogens with zero attached hydrogens (tertiary/aromatic N) is 2. The summed E-state index contributed by atoms with van der Waals surface area (Å²) in [7, 11) is 0. The Labute approximate surface area is 145 Å². The molecule has 1 aliphatic carbocycles. The lowest BCUT2D eigenvalue weighted by atomic mass is 10.00. The molecule has 1 fully saturated rings. The number of aliphatic hydroxyl groups is 1. The Balaban J connectivity index is 1.65. The molecule has 1 aliphatic rings. The molecule has 0 spiro atoms. The van der Waals surface area contributed by atoms with Crippen molar-refractivity contribution in [3.05, 3.63) is 42.7 Å². The second kappa shape index (κ2) is 6.87. The molecule has 0 aliphatic heterocycles. The third-order valence-electron chi connectivity index (χ3n) is 4.87. The van der Waals surface area contributed by atoms with Crippen molar-refractivity contribution >= 4 is 27.4 Å². The standard InChI is InChI=1S/C19H21N3OS/c23-10-9-13-7-4-8-16(13)22-18-15-11-17(14-5-2-1-3-6-14)24-19(15)21-12-20-18/h1-3,5-6,11-13,16,23H,4,7-10H2,(H,20,21,22). The largest absolute Gasteiger partial charge is 0.396 e. The van der Waals surface area contributed by atoms with Crippen molar-refractivity contribution in [2.24, 2.45) is 5.92 Å². The predicted octanol–water partition coefficient (Wildman–Crippen LogP) is 4.32. The van der Waals surface area contributed by atoms with Gasteiger partial charge in [0.05, 0.1) is 5.39 Å². The van der Waals surface area contributed by atoms with E-state index in [1.165, 1.54) is 23.3 Å². The summed E-state index contributed by atoms with van der Waals surface area (Å²) in [5.41, 5.74) is 1.21. The van der Waals surface area contributed by atoms with Crippen LogP contribution in [0.15, 0.2) is 42.7 Å². The molecule has 4 rings (SSSR count). The Morgan fingerprint density at radius 2 is 2.04 bits per heavy atom. The smallest absolute Gasteiger partial charge is 0.138 e. The van der Waals surface area contributed by atoms with Gasteiger partial charge in [-0.05, 0) is 36.8 Å². The van der Waals surface area contributed by atoms with Gasteiger partial charge in [-0.25, -0.2) is 9.97 Å². The monoisotopic (exact) mass is 339 g/mol. The van der Waals surface area contributed by atoms with Crippen LogP contribution in [0.4, 0.5) is 5.82 Å². The van der Waals surface area contributed by atoms with Gasteiger partial charge in [-0.1, -0.05) is 36.8 Å². The molecule has 0 bridgehead atoms. The zero-order chi connectivity index (χ0) is 16.4. The summed E-state index contributed by atoms with van der Waals surface area (Å²) in [5.74, 6) is 1.46. The molecule has 1 aromatic carbocycles. The minimum Gasteiger partial charge on any atom is -0.396 e. The molecule has 2 N–H and O–H groups in total. The number of rotatable bonds is 5. The van der Waals surface area contributed by atoms with Crippen molar-refractivity contribution < 1.29 is 5.11 Å². The fourth-order valence-corrected chi connectivity index (χ4v) is 4.63. The molecule has 0 saturated heterocycles. The topological polar surface area (TPSA) is 58.0 Å². The molecular formula is C19H21N3OS. The Hall–Kier alpha value is -1.98. The molecule has 0 radical (unpaired) electrons. The molecule has 3 aromatic rings. The van der Waals surface area contributed by atoms with Crippen molar-refractivity contribution in [1.29, 1.82) is 0 Å². The zero-order valence-electron chi connectivity index (χ0n) is 13.5.